The molecule has 0 bridgehead atoms. The van der Waals surface area contributed by atoms with Gasteiger partial charge >= 0.3 is 137 Å². The van der Waals surface area contributed by atoms with Gasteiger partial charge in [0, 0.05) is 0 Å². The van der Waals surface area contributed by atoms with Crippen LogP contribution in [-0.4, -0.2) is 32.7 Å². The summed E-state index contributed by atoms with van der Waals surface area (Å²) in [4.78, 5) is 2.50. The van der Waals surface area contributed by atoms with E-state index in [1.54, 1.807) is 0 Å². The Morgan fingerprint density at radius 3 is 1.52 bits per heavy atom. The first-order valence-corrected chi connectivity index (χ1v) is 11.7. The van der Waals surface area contributed by atoms with Crippen LogP contribution in [0, 0.1) is 0 Å². The standard InChI is InChI=1S/C18H23NSeSi/c1-21(2,3)18(20)19(14-16-10-6-4-7-11-16)15-17-12-8-5-9-13-17/h4-13H,14-15H2,1-3H3. The van der Waals surface area contributed by atoms with Gasteiger partial charge in [0.2, 0.25) is 0 Å². The van der Waals surface area contributed by atoms with Crippen molar-refractivity contribution in [2.75, 3.05) is 0 Å². The van der Waals surface area contributed by atoms with Crippen LogP contribution in [0.15, 0.2) is 60.7 Å². The predicted octanol–water partition coefficient (Wildman–Crippen LogP) is 3.86. The molecule has 2 aromatic carbocycles. The van der Waals surface area contributed by atoms with Crippen LogP contribution in [0.1, 0.15) is 11.1 Å². The van der Waals surface area contributed by atoms with Crippen LogP contribution in [0.4, 0.5) is 0 Å². The topological polar surface area (TPSA) is 3.24 Å². The van der Waals surface area contributed by atoms with Crippen LogP contribution in [0.2, 0.25) is 19.6 Å². The summed E-state index contributed by atoms with van der Waals surface area (Å²) in [5.41, 5.74) is 2.72. The van der Waals surface area contributed by atoms with Gasteiger partial charge in [-0.1, -0.05) is 0 Å². The second kappa shape index (κ2) is 7.21. The Morgan fingerprint density at radius 1 is 0.810 bits per heavy atom. The minimum atomic E-state index is -1.34. The molecule has 0 aliphatic carbocycles. The molecule has 0 unspecified atom stereocenters. The van der Waals surface area contributed by atoms with Crippen molar-refractivity contribution in [3.05, 3.63) is 71.8 Å². The van der Waals surface area contributed by atoms with E-state index in [4.69, 9.17) is 0 Å². The van der Waals surface area contributed by atoms with Crippen molar-refractivity contribution in [3.8, 4) is 0 Å². The average Bonchev–Trinajstić information content (AvgIpc) is 2.47. The normalized spacial score (nSPS) is 11.2. The molecule has 0 N–H and O–H groups in total. The molecule has 0 saturated carbocycles. The van der Waals surface area contributed by atoms with E-state index < -0.39 is 8.07 Å². The van der Waals surface area contributed by atoms with Crippen LogP contribution in [0.5, 0.6) is 0 Å². The third kappa shape index (κ3) is 4.96. The van der Waals surface area contributed by atoms with E-state index in [1.807, 2.05) is 0 Å². The molecule has 21 heavy (non-hydrogen) atoms. The van der Waals surface area contributed by atoms with Gasteiger partial charge < -0.3 is 0 Å². The third-order valence-corrected chi connectivity index (χ3v) is 9.36. The fraction of sp³-hybridized carbons (Fsp3) is 0.278. The molecule has 2 aromatic rings. The van der Waals surface area contributed by atoms with Crippen LogP contribution in [0.25, 0.3) is 0 Å². The Kier molecular flexibility index (Phi) is 5.57. The summed E-state index contributed by atoms with van der Waals surface area (Å²) in [6.07, 6.45) is 0. The molecule has 0 aromatic heterocycles. The predicted molar refractivity (Wildman–Crippen MR) is 96.2 cm³/mol. The summed E-state index contributed by atoms with van der Waals surface area (Å²) in [7, 11) is -1.34. The third-order valence-electron chi connectivity index (χ3n) is 3.36. The molecular formula is C18H23NSeSi. The second-order valence-electron chi connectivity index (χ2n) is 6.38. The quantitative estimate of drug-likeness (QED) is 0.707. The summed E-state index contributed by atoms with van der Waals surface area (Å²) in [5.74, 6) is 0. The molecule has 0 heterocycles. The molecule has 110 valence electrons. The fourth-order valence-corrected chi connectivity index (χ4v) is 3.66. The Hall–Kier alpha value is -1.15. The molecular weight excluding hydrogens is 337 g/mol. The van der Waals surface area contributed by atoms with Gasteiger partial charge in [0.05, 0.1) is 0 Å². The molecule has 0 atom stereocenters. The Labute approximate surface area is 137 Å². The number of nitrogens with zero attached hydrogens (tertiary/aromatic N) is 1. The Morgan fingerprint density at radius 2 is 1.19 bits per heavy atom. The maximum atomic E-state index is 3.36. The summed E-state index contributed by atoms with van der Waals surface area (Å²) >= 11 is 3.36. The molecule has 0 saturated heterocycles. The van der Waals surface area contributed by atoms with Crippen LogP contribution in [-0.2, 0) is 13.1 Å². The van der Waals surface area contributed by atoms with E-state index in [9.17, 15) is 0 Å². The second-order valence-corrected chi connectivity index (χ2v) is 13.0. The minimum absolute atomic E-state index is 0.961. The van der Waals surface area contributed by atoms with Crippen molar-refractivity contribution in [3.63, 3.8) is 0 Å². The van der Waals surface area contributed by atoms with Crippen molar-refractivity contribution in [1.29, 1.82) is 0 Å². The first-order valence-electron chi connectivity index (χ1n) is 7.34. The first-order chi connectivity index (χ1) is 9.97. The maximum absolute atomic E-state index is 3.36. The first kappa shape index (κ1) is 16.2. The summed E-state index contributed by atoms with van der Waals surface area (Å²) in [6, 6.07) is 21.4. The van der Waals surface area contributed by atoms with Crippen molar-refractivity contribution in [2.45, 2.75) is 32.7 Å². The molecule has 0 aliphatic rings. The molecule has 0 spiro atoms. The van der Waals surface area contributed by atoms with Gasteiger partial charge in [0.15, 0.2) is 0 Å². The Balaban J connectivity index is 2.20. The van der Waals surface area contributed by atoms with Crippen molar-refractivity contribution < 1.29 is 0 Å². The monoisotopic (exact) mass is 361 g/mol. The summed E-state index contributed by atoms with van der Waals surface area (Å²) < 4.78 is 1.44. The van der Waals surface area contributed by atoms with Gasteiger partial charge in [-0.05, 0) is 0 Å². The number of rotatable bonds is 6. The van der Waals surface area contributed by atoms with E-state index in [0.717, 1.165) is 13.1 Å². The van der Waals surface area contributed by atoms with E-state index in [2.05, 4.69) is 101 Å². The van der Waals surface area contributed by atoms with Crippen molar-refractivity contribution in [1.82, 2.24) is 4.90 Å². The summed E-state index contributed by atoms with van der Waals surface area (Å²) in [6.45, 7) is 9.09. The van der Waals surface area contributed by atoms with Crippen molar-refractivity contribution >= 4 is 27.8 Å². The molecule has 2 rings (SSSR count). The van der Waals surface area contributed by atoms with Gasteiger partial charge in [-0.3, -0.25) is 0 Å². The summed E-state index contributed by atoms with van der Waals surface area (Å²) in [5, 5.41) is 0. The molecule has 3 heteroatoms. The van der Waals surface area contributed by atoms with E-state index >= 15 is 0 Å². The average molecular weight is 360 g/mol. The van der Waals surface area contributed by atoms with Crippen LogP contribution < -0.4 is 0 Å². The molecule has 1 nitrogen and oxygen atoms in total. The van der Waals surface area contributed by atoms with Gasteiger partial charge in [-0.2, -0.15) is 0 Å². The van der Waals surface area contributed by atoms with Gasteiger partial charge in [-0.15, -0.1) is 0 Å². The SMILES string of the molecule is C[Si](C)(C)C(=[Se])N(Cc1ccccc1)Cc1ccccc1. The molecule has 0 aliphatic heterocycles. The van der Waals surface area contributed by atoms with E-state index in [0.29, 0.717) is 0 Å². The number of hydrogen-bond donors (Lipinski definition) is 0. The number of benzene rings is 2. The zero-order chi connectivity index (χ0) is 15.3. The molecule has 0 amide bonds. The van der Waals surface area contributed by atoms with Crippen LogP contribution in [0.3, 0.4) is 0 Å². The van der Waals surface area contributed by atoms with Gasteiger partial charge in [0.1, 0.15) is 0 Å². The van der Waals surface area contributed by atoms with Gasteiger partial charge in [0.25, 0.3) is 0 Å². The fourth-order valence-electron chi connectivity index (χ4n) is 2.28. The Bertz CT molecular complexity index is 534. The van der Waals surface area contributed by atoms with Gasteiger partial charge in [-0.25, -0.2) is 0 Å². The van der Waals surface area contributed by atoms with E-state index in [1.165, 1.54) is 15.3 Å². The molecule has 0 radical (unpaired) electrons. The number of hydrogen-bond acceptors (Lipinski definition) is 1. The van der Waals surface area contributed by atoms with Crippen LogP contribution >= 0.6 is 0 Å². The zero-order valence-corrected chi connectivity index (χ0v) is 15.8. The van der Waals surface area contributed by atoms with Crippen molar-refractivity contribution in [2.24, 2.45) is 0 Å². The molecule has 0 fully saturated rings. The zero-order valence-electron chi connectivity index (χ0n) is 13.0. The van der Waals surface area contributed by atoms with E-state index in [-0.39, 0.29) is 0 Å².